The molecule has 2 fully saturated rings. The summed E-state index contributed by atoms with van der Waals surface area (Å²) in [7, 11) is 0. The lowest BCUT2D eigenvalue weighted by Crippen LogP contribution is -2.51. The summed E-state index contributed by atoms with van der Waals surface area (Å²) >= 11 is 0. The molecule has 0 bridgehead atoms. The van der Waals surface area contributed by atoms with E-state index in [9.17, 15) is 0 Å². The van der Waals surface area contributed by atoms with Crippen LogP contribution in [0.4, 0.5) is 0 Å². The topological polar surface area (TPSA) is 71.3 Å². The fourth-order valence-corrected chi connectivity index (χ4v) is 5.74. The second-order valence-electron chi connectivity index (χ2n) is 10.1. The summed E-state index contributed by atoms with van der Waals surface area (Å²) in [5.74, 6) is 1.03. The Labute approximate surface area is 194 Å². The summed E-state index contributed by atoms with van der Waals surface area (Å²) in [5.41, 5.74) is 9.38. The first-order valence-corrected chi connectivity index (χ1v) is 12.2. The van der Waals surface area contributed by atoms with E-state index in [0.717, 1.165) is 30.1 Å². The molecule has 0 atom stereocenters. The van der Waals surface area contributed by atoms with Crippen molar-refractivity contribution < 1.29 is 4.74 Å². The van der Waals surface area contributed by atoms with E-state index in [1.54, 1.807) is 0 Å². The second-order valence-corrected chi connectivity index (χ2v) is 10.1. The summed E-state index contributed by atoms with van der Waals surface area (Å²) in [5, 5.41) is 13.6. The molecule has 33 heavy (non-hydrogen) atoms. The largest absolute Gasteiger partial charge is 0.378 e. The Kier molecular flexibility index (Phi) is 4.99. The highest BCUT2D eigenvalue weighted by Crippen LogP contribution is 2.39. The summed E-state index contributed by atoms with van der Waals surface area (Å²) in [4.78, 5) is 6.37. The molecular formula is C26H32N6O. The highest BCUT2D eigenvalue weighted by molar-refractivity contribution is 5.92. The molecule has 3 aromatic heterocycles. The van der Waals surface area contributed by atoms with E-state index in [4.69, 9.17) is 4.74 Å². The quantitative estimate of drug-likeness (QED) is 0.498. The van der Waals surface area contributed by atoms with Crippen molar-refractivity contribution in [2.75, 3.05) is 26.3 Å². The zero-order valence-corrected chi connectivity index (χ0v) is 19.9. The van der Waals surface area contributed by atoms with Crippen LogP contribution in [0.1, 0.15) is 60.9 Å². The summed E-state index contributed by atoms with van der Waals surface area (Å²) < 4.78 is 7.25. The number of pyridine rings is 1. The Bertz CT molecular complexity index is 1320. The molecule has 0 amide bonds. The summed E-state index contributed by atoms with van der Waals surface area (Å²) in [6, 6.07) is 9.94. The number of ether oxygens (including phenoxy) is 1. The number of hydrogen-bond acceptors (Lipinski definition) is 5. The minimum atomic E-state index is 0.397. The first-order chi connectivity index (χ1) is 16.0. The Hall–Kier alpha value is -2.77. The summed E-state index contributed by atoms with van der Waals surface area (Å²) in [6.45, 7) is 12.9. The fourth-order valence-electron chi connectivity index (χ4n) is 5.74. The number of nitrogens with zero attached hydrogens (tertiary/aromatic N) is 5. The molecule has 1 N–H and O–H groups in total. The normalized spacial score (nSPS) is 18.6. The Balaban J connectivity index is 1.40. The molecule has 172 valence electrons. The molecule has 4 aromatic rings. The maximum Gasteiger partial charge on any atom is 0.182 e. The van der Waals surface area contributed by atoms with Crippen LogP contribution in [0.5, 0.6) is 0 Å². The molecule has 7 heteroatoms. The molecular weight excluding hydrogens is 412 g/mol. The zero-order valence-electron chi connectivity index (χ0n) is 19.9. The standard InChI is InChI=1S/C26H32N6O/c1-15(2)24-22-12-19(18-7-9-31(10-8-18)20-13-33-14-20)5-6-23(22)27-25(24)21-11-16(3)26-28-29-30-32(26)17(21)4/h5-6,11-12,15,18,20,27H,7-10,13-14H2,1-4H3. The van der Waals surface area contributed by atoms with Crippen LogP contribution < -0.4 is 0 Å². The first-order valence-electron chi connectivity index (χ1n) is 12.2. The van der Waals surface area contributed by atoms with Gasteiger partial charge in [0.1, 0.15) is 0 Å². The van der Waals surface area contributed by atoms with Crippen LogP contribution >= 0.6 is 0 Å². The zero-order chi connectivity index (χ0) is 22.7. The maximum atomic E-state index is 5.40. The Morgan fingerprint density at radius 2 is 1.88 bits per heavy atom. The van der Waals surface area contributed by atoms with E-state index < -0.39 is 0 Å². The average molecular weight is 445 g/mol. The molecule has 7 nitrogen and oxygen atoms in total. The van der Waals surface area contributed by atoms with Gasteiger partial charge in [0, 0.05) is 16.5 Å². The van der Waals surface area contributed by atoms with Gasteiger partial charge < -0.3 is 9.72 Å². The lowest BCUT2D eigenvalue weighted by atomic mass is 9.87. The molecule has 0 saturated carbocycles. The fraction of sp³-hybridized carbons (Fsp3) is 0.500. The molecule has 2 aliphatic rings. The van der Waals surface area contributed by atoms with E-state index in [0.29, 0.717) is 17.9 Å². The van der Waals surface area contributed by atoms with E-state index in [1.807, 2.05) is 4.52 Å². The molecule has 6 rings (SSSR count). The van der Waals surface area contributed by atoms with Crippen molar-refractivity contribution in [2.45, 2.75) is 58.4 Å². The van der Waals surface area contributed by atoms with Gasteiger partial charge in [-0.1, -0.05) is 19.9 Å². The second kappa shape index (κ2) is 7.92. The molecule has 2 aliphatic heterocycles. The van der Waals surface area contributed by atoms with Crippen LogP contribution in [0.15, 0.2) is 24.3 Å². The number of piperidine rings is 1. The molecule has 2 saturated heterocycles. The number of aromatic amines is 1. The van der Waals surface area contributed by atoms with Crippen molar-refractivity contribution in [3.05, 3.63) is 46.6 Å². The number of aromatic nitrogens is 5. The van der Waals surface area contributed by atoms with E-state index in [2.05, 4.69) is 77.4 Å². The van der Waals surface area contributed by atoms with Crippen molar-refractivity contribution in [3.63, 3.8) is 0 Å². The number of fused-ring (bicyclic) bond motifs is 2. The van der Waals surface area contributed by atoms with Gasteiger partial charge in [-0.3, -0.25) is 4.90 Å². The molecule has 0 unspecified atom stereocenters. The number of aryl methyl sites for hydroxylation is 2. The number of hydrogen-bond donors (Lipinski definition) is 1. The number of rotatable bonds is 4. The van der Waals surface area contributed by atoms with Gasteiger partial charge in [-0.15, -0.1) is 5.10 Å². The average Bonchev–Trinajstić information content (AvgIpc) is 3.40. The van der Waals surface area contributed by atoms with Crippen molar-refractivity contribution >= 4 is 16.6 Å². The number of benzene rings is 1. The number of likely N-dealkylation sites (tertiary alicyclic amines) is 1. The van der Waals surface area contributed by atoms with Gasteiger partial charge in [0.2, 0.25) is 0 Å². The third-order valence-electron chi connectivity index (χ3n) is 7.74. The highest BCUT2D eigenvalue weighted by Gasteiger charge is 2.30. The van der Waals surface area contributed by atoms with Crippen molar-refractivity contribution in [3.8, 4) is 11.3 Å². The van der Waals surface area contributed by atoms with Crippen molar-refractivity contribution in [1.82, 2.24) is 29.9 Å². The molecule has 0 radical (unpaired) electrons. The summed E-state index contributed by atoms with van der Waals surface area (Å²) in [6.07, 6.45) is 2.45. The molecule has 5 heterocycles. The monoisotopic (exact) mass is 444 g/mol. The van der Waals surface area contributed by atoms with Gasteiger partial charge in [-0.05, 0) is 96.9 Å². The SMILES string of the molecule is Cc1cc(-c2[nH]c3ccc(C4CCN(C5COC5)CC4)cc3c2C(C)C)c(C)n2nnnc12. The Morgan fingerprint density at radius 3 is 2.58 bits per heavy atom. The van der Waals surface area contributed by atoms with E-state index in [1.165, 1.54) is 59.2 Å². The third kappa shape index (κ3) is 3.37. The van der Waals surface area contributed by atoms with Gasteiger partial charge in [0.05, 0.1) is 30.6 Å². The van der Waals surface area contributed by atoms with Crippen LogP contribution in [0.3, 0.4) is 0 Å². The van der Waals surface area contributed by atoms with Gasteiger partial charge >= 0.3 is 0 Å². The number of H-pyrrole nitrogens is 1. The number of tetrazole rings is 1. The lowest BCUT2D eigenvalue weighted by Gasteiger charge is -2.41. The van der Waals surface area contributed by atoms with Crippen LogP contribution in [-0.4, -0.2) is 62.3 Å². The smallest absolute Gasteiger partial charge is 0.182 e. The van der Waals surface area contributed by atoms with E-state index >= 15 is 0 Å². The molecule has 1 aromatic carbocycles. The van der Waals surface area contributed by atoms with Crippen molar-refractivity contribution in [2.24, 2.45) is 0 Å². The van der Waals surface area contributed by atoms with Gasteiger partial charge in [0.15, 0.2) is 5.65 Å². The maximum absolute atomic E-state index is 5.40. The minimum Gasteiger partial charge on any atom is -0.378 e. The first kappa shape index (κ1) is 20.8. The van der Waals surface area contributed by atoms with Gasteiger partial charge in [0.25, 0.3) is 0 Å². The predicted molar refractivity (Wildman–Crippen MR) is 130 cm³/mol. The molecule has 0 aliphatic carbocycles. The van der Waals surface area contributed by atoms with Gasteiger partial charge in [-0.2, -0.15) is 4.52 Å². The highest BCUT2D eigenvalue weighted by atomic mass is 16.5. The Morgan fingerprint density at radius 1 is 1.09 bits per heavy atom. The minimum absolute atomic E-state index is 0.397. The van der Waals surface area contributed by atoms with Crippen LogP contribution in [-0.2, 0) is 4.74 Å². The van der Waals surface area contributed by atoms with Gasteiger partial charge in [-0.25, -0.2) is 0 Å². The lowest BCUT2D eigenvalue weighted by molar-refractivity contribution is -0.0712. The van der Waals surface area contributed by atoms with Crippen LogP contribution in [0, 0.1) is 13.8 Å². The molecule has 0 spiro atoms. The van der Waals surface area contributed by atoms with E-state index in [-0.39, 0.29) is 0 Å². The van der Waals surface area contributed by atoms with Crippen molar-refractivity contribution in [1.29, 1.82) is 0 Å². The third-order valence-corrected chi connectivity index (χ3v) is 7.74. The number of nitrogens with one attached hydrogen (secondary N) is 1. The predicted octanol–water partition coefficient (Wildman–Crippen LogP) is 4.59. The van der Waals surface area contributed by atoms with Crippen LogP contribution in [0.25, 0.3) is 27.8 Å². The van der Waals surface area contributed by atoms with Crippen LogP contribution in [0.2, 0.25) is 0 Å².